The van der Waals surface area contributed by atoms with E-state index >= 15 is 0 Å². The van der Waals surface area contributed by atoms with Gasteiger partial charge in [0.1, 0.15) is 0 Å². The lowest BCUT2D eigenvalue weighted by Gasteiger charge is -2.34. The molecule has 1 aliphatic heterocycles. The van der Waals surface area contributed by atoms with Crippen LogP contribution in [0.25, 0.3) is 0 Å². The van der Waals surface area contributed by atoms with Crippen LogP contribution in [-0.4, -0.2) is 55.8 Å². The van der Waals surface area contributed by atoms with Crippen LogP contribution in [0.15, 0.2) is 23.1 Å². The van der Waals surface area contributed by atoms with Crippen LogP contribution in [0.1, 0.15) is 30.9 Å². The van der Waals surface area contributed by atoms with Crippen molar-refractivity contribution in [3.63, 3.8) is 0 Å². The molecule has 0 bridgehead atoms. The predicted molar refractivity (Wildman–Crippen MR) is 101 cm³/mol. The van der Waals surface area contributed by atoms with E-state index in [4.69, 9.17) is 5.73 Å². The van der Waals surface area contributed by atoms with Gasteiger partial charge in [-0.15, -0.1) is 12.4 Å². The highest BCUT2D eigenvalue weighted by molar-refractivity contribution is 7.89. The standard InChI is InChI=1S/C17H27N3O3S.ClH/c1-13-4-6-16(12-14(13)2)24(22,23)20-10-8-19(9-11-20)17(21)7-5-15(3)18;/h4,6,12,15H,5,7-11,18H2,1-3H3;1H. The number of aryl methyl sites for hydroxylation is 2. The van der Waals surface area contributed by atoms with E-state index in [0.717, 1.165) is 11.1 Å². The average Bonchev–Trinajstić information content (AvgIpc) is 2.55. The van der Waals surface area contributed by atoms with E-state index in [1.165, 1.54) is 4.31 Å². The topological polar surface area (TPSA) is 83.7 Å². The zero-order valence-corrected chi connectivity index (χ0v) is 16.7. The third-order valence-corrected chi connectivity index (χ3v) is 6.42. The fourth-order valence-corrected chi connectivity index (χ4v) is 4.22. The van der Waals surface area contributed by atoms with Crippen molar-refractivity contribution in [2.75, 3.05) is 26.2 Å². The SMILES string of the molecule is Cc1ccc(S(=O)(=O)N2CCN(C(=O)CCC(C)N)CC2)cc1C.Cl. The maximum atomic E-state index is 12.7. The van der Waals surface area contributed by atoms with Gasteiger partial charge in [0.25, 0.3) is 0 Å². The van der Waals surface area contributed by atoms with Crippen molar-refractivity contribution in [3.05, 3.63) is 29.3 Å². The molecule has 25 heavy (non-hydrogen) atoms. The molecular weight excluding hydrogens is 362 g/mol. The van der Waals surface area contributed by atoms with E-state index in [2.05, 4.69) is 0 Å². The van der Waals surface area contributed by atoms with Gasteiger partial charge in [-0.05, 0) is 50.5 Å². The number of amides is 1. The number of nitrogens with two attached hydrogens (primary N) is 1. The van der Waals surface area contributed by atoms with Gasteiger partial charge in [0.05, 0.1) is 4.90 Å². The van der Waals surface area contributed by atoms with Crippen molar-refractivity contribution in [1.82, 2.24) is 9.21 Å². The molecule has 1 amide bonds. The van der Waals surface area contributed by atoms with Crippen molar-refractivity contribution >= 4 is 28.3 Å². The van der Waals surface area contributed by atoms with Crippen molar-refractivity contribution in [1.29, 1.82) is 0 Å². The summed E-state index contributed by atoms with van der Waals surface area (Å²) >= 11 is 0. The molecular formula is C17H28ClN3O3S. The zero-order valence-electron chi connectivity index (χ0n) is 15.1. The summed E-state index contributed by atoms with van der Waals surface area (Å²) < 4.78 is 27.0. The van der Waals surface area contributed by atoms with Gasteiger partial charge in [0.2, 0.25) is 15.9 Å². The minimum atomic E-state index is -3.50. The predicted octanol–water partition coefficient (Wildman–Crippen LogP) is 1.69. The molecule has 1 fully saturated rings. The highest BCUT2D eigenvalue weighted by Gasteiger charge is 2.30. The Hall–Kier alpha value is -1.15. The van der Waals surface area contributed by atoms with E-state index < -0.39 is 10.0 Å². The minimum Gasteiger partial charge on any atom is -0.340 e. The number of halogens is 1. The van der Waals surface area contributed by atoms with Crippen LogP contribution >= 0.6 is 12.4 Å². The Morgan fingerprint density at radius 1 is 1.16 bits per heavy atom. The maximum Gasteiger partial charge on any atom is 0.243 e. The van der Waals surface area contributed by atoms with Crippen LogP contribution in [0, 0.1) is 13.8 Å². The largest absolute Gasteiger partial charge is 0.340 e. The van der Waals surface area contributed by atoms with Crippen LogP contribution in [0.3, 0.4) is 0 Å². The maximum absolute atomic E-state index is 12.7. The number of hydrogen-bond donors (Lipinski definition) is 1. The van der Waals surface area contributed by atoms with Crippen LogP contribution in [0.5, 0.6) is 0 Å². The molecule has 1 aromatic carbocycles. The number of carbonyl (C=O) groups is 1. The summed E-state index contributed by atoms with van der Waals surface area (Å²) in [5, 5.41) is 0. The Bertz CT molecular complexity index is 699. The fourth-order valence-electron chi connectivity index (χ4n) is 2.71. The third-order valence-electron chi connectivity index (χ3n) is 4.52. The first kappa shape index (κ1) is 21.9. The highest BCUT2D eigenvalue weighted by Crippen LogP contribution is 2.20. The van der Waals surface area contributed by atoms with E-state index in [1.807, 2.05) is 26.8 Å². The van der Waals surface area contributed by atoms with Gasteiger partial charge in [-0.25, -0.2) is 8.42 Å². The number of benzene rings is 1. The Labute approximate surface area is 156 Å². The summed E-state index contributed by atoms with van der Waals surface area (Å²) in [4.78, 5) is 14.2. The summed E-state index contributed by atoms with van der Waals surface area (Å²) in [5.41, 5.74) is 7.71. The second kappa shape index (κ2) is 8.98. The lowest BCUT2D eigenvalue weighted by Crippen LogP contribution is -2.50. The molecule has 1 atom stereocenters. The summed E-state index contributed by atoms with van der Waals surface area (Å²) in [7, 11) is -3.50. The normalized spacial score (nSPS) is 17.0. The average molecular weight is 390 g/mol. The van der Waals surface area contributed by atoms with Gasteiger partial charge in [0.15, 0.2) is 0 Å². The van der Waals surface area contributed by atoms with Crippen molar-refractivity contribution in [3.8, 4) is 0 Å². The Morgan fingerprint density at radius 2 is 1.76 bits per heavy atom. The molecule has 0 aromatic heterocycles. The Kier molecular flexibility index (Phi) is 7.87. The molecule has 1 aliphatic rings. The van der Waals surface area contributed by atoms with Gasteiger partial charge in [0, 0.05) is 38.6 Å². The first-order valence-electron chi connectivity index (χ1n) is 8.32. The van der Waals surface area contributed by atoms with Crippen molar-refractivity contribution in [2.45, 2.75) is 44.6 Å². The highest BCUT2D eigenvalue weighted by atomic mass is 35.5. The molecule has 142 valence electrons. The quantitative estimate of drug-likeness (QED) is 0.830. The molecule has 1 aromatic rings. The van der Waals surface area contributed by atoms with Gasteiger partial charge in [-0.3, -0.25) is 4.79 Å². The minimum absolute atomic E-state index is 0. The second-order valence-corrected chi connectivity index (χ2v) is 8.48. The molecule has 1 heterocycles. The lowest BCUT2D eigenvalue weighted by molar-refractivity contribution is -0.132. The smallest absolute Gasteiger partial charge is 0.243 e. The summed E-state index contributed by atoms with van der Waals surface area (Å²) in [5.74, 6) is 0.0514. The molecule has 8 heteroatoms. The summed E-state index contributed by atoms with van der Waals surface area (Å²) in [6.07, 6.45) is 1.07. The molecule has 0 saturated carbocycles. The monoisotopic (exact) mass is 389 g/mol. The third kappa shape index (κ3) is 5.41. The molecule has 6 nitrogen and oxygen atoms in total. The van der Waals surface area contributed by atoms with Crippen molar-refractivity contribution in [2.24, 2.45) is 5.73 Å². The van der Waals surface area contributed by atoms with Crippen LogP contribution in [0.2, 0.25) is 0 Å². The first-order valence-corrected chi connectivity index (χ1v) is 9.76. The molecule has 0 aliphatic carbocycles. The van der Waals surface area contributed by atoms with Crippen LogP contribution in [-0.2, 0) is 14.8 Å². The van der Waals surface area contributed by atoms with Crippen molar-refractivity contribution < 1.29 is 13.2 Å². The fraction of sp³-hybridized carbons (Fsp3) is 0.588. The molecule has 1 saturated heterocycles. The Balaban J connectivity index is 0.00000312. The van der Waals surface area contributed by atoms with Crippen LogP contribution < -0.4 is 5.73 Å². The second-order valence-electron chi connectivity index (χ2n) is 6.55. The number of nitrogens with zero attached hydrogens (tertiary/aromatic N) is 2. The number of carbonyl (C=O) groups excluding carboxylic acids is 1. The van der Waals surface area contributed by atoms with Gasteiger partial charge < -0.3 is 10.6 Å². The van der Waals surface area contributed by atoms with E-state index in [1.54, 1.807) is 17.0 Å². The molecule has 2 rings (SSSR count). The number of rotatable bonds is 5. The number of sulfonamides is 1. The van der Waals surface area contributed by atoms with Crippen LogP contribution in [0.4, 0.5) is 0 Å². The number of hydrogen-bond acceptors (Lipinski definition) is 4. The lowest BCUT2D eigenvalue weighted by atomic mass is 10.1. The number of piperazine rings is 1. The molecule has 0 radical (unpaired) electrons. The van der Waals surface area contributed by atoms with E-state index in [0.29, 0.717) is 43.9 Å². The van der Waals surface area contributed by atoms with E-state index in [-0.39, 0.29) is 24.4 Å². The van der Waals surface area contributed by atoms with E-state index in [9.17, 15) is 13.2 Å². The summed E-state index contributed by atoms with van der Waals surface area (Å²) in [6, 6.07) is 5.19. The molecule has 2 N–H and O–H groups in total. The zero-order chi connectivity index (χ0) is 17.9. The van der Waals surface area contributed by atoms with Gasteiger partial charge in [-0.1, -0.05) is 6.07 Å². The summed E-state index contributed by atoms with van der Waals surface area (Å²) in [6.45, 7) is 7.27. The molecule has 0 spiro atoms. The first-order chi connectivity index (χ1) is 11.2. The van der Waals surface area contributed by atoms with Gasteiger partial charge in [-0.2, -0.15) is 4.31 Å². The Morgan fingerprint density at radius 3 is 2.28 bits per heavy atom. The van der Waals surface area contributed by atoms with Gasteiger partial charge >= 0.3 is 0 Å². The molecule has 1 unspecified atom stereocenters.